The predicted octanol–water partition coefficient (Wildman–Crippen LogP) is 0.108. The lowest BCUT2D eigenvalue weighted by Crippen LogP contribution is -2.39. The maximum atomic E-state index is 10.9. The first-order valence-corrected chi connectivity index (χ1v) is 5.32. The second-order valence-electron chi connectivity index (χ2n) is 4.04. The molecule has 1 rings (SSSR count). The van der Waals surface area contributed by atoms with E-state index in [4.69, 9.17) is 5.11 Å². The lowest BCUT2D eigenvalue weighted by Gasteiger charge is -2.16. The molecule has 1 fully saturated rings. The molecule has 0 saturated carbocycles. The monoisotopic (exact) mass is 214 g/mol. The van der Waals surface area contributed by atoms with E-state index in [0.29, 0.717) is 12.8 Å². The van der Waals surface area contributed by atoms with Crippen LogP contribution in [-0.2, 0) is 9.59 Å². The van der Waals surface area contributed by atoms with Gasteiger partial charge < -0.3 is 15.7 Å². The fraction of sp³-hybridized carbons (Fsp3) is 0.800. The highest BCUT2D eigenvalue weighted by molar-refractivity contribution is 5.78. The van der Waals surface area contributed by atoms with Crippen molar-refractivity contribution >= 4 is 11.9 Å². The fourth-order valence-corrected chi connectivity index (χ4v) is 1.62. The Balaban J connectivity index is 2.08. The van der Waals surface area contributed by atoms with Crippen molar-refractivity contribution in [1.82, 2.24) is 10.6 Å². The third-order valence-corrected chi connectivity index (χ3v) is 2.59. The molecule has 1 aliphatic rings. The van der Waals surface area contributed by atoms with Gasteiger partial charge in [-0.2, -0.15) is 0 Å². The van der Waals surface area contributed by atoms with Crippen LogP contribution in [0.2, 0.25) is 0 Å². The third-order valence-electron chi connectivity index (χ3n) is 2.59. The number of carboxylic acid groups (broad SMARTS) is 1. The molecule has 0 aliphatic carbocycles. The van der Waals surface area contributed by atoms with Gasteiger partial charge in [0, 0.05) is 31.5 Å². The van der Waals surface area contributed by atoms with Crippen molar-refractivity contribution in [1.29, 1.82) is 0 Å². The van der Waals surface area contributed by atoms with Crippen LogP contribution in [0, 0.1) is 0 Å². The Bertz CT molecular complexity index is 243. The quantitative estimate of drug-likeness (QED) is 0.586. The van der Waals surface area contributed by atoms with Crippen LogP contribution in [-0.4, -0.2) is 35.6 Å². The summed E-state index contributed by atoms with van der Waals surface area (Å²) < 4.78 is 0. The number of hydrogen-bond acceptors (Lipinski definition) is 3. The minimum Gasteiger partial charge on any atom is -0.481 e. The molecule has 1 saturated heterocycles. The van der Waals surface area contributed by atoms with E-state index in [-0.39, 0.29) is 24.4 Å². The zero-order valence-electron chi connectivity index (χ0n) is 8.95. The average molecular weight is 214 g/mol. The molecule has 2 atom stereocenters. The maximum Gasteiger partial charge on any atom is 0.303 e. The van der Waals surface area contributed by atoms with E-state index in [9.17, 15) is 9.59 Å². The number of aliphatic carboxylic acids is 1. The topological polar surface area (TPSA) is 78.4 Å². The largest absolute Gasteiger partial charge is 0.481 e. The minimum absolute atomic E-state index is 0.111. The summed E-state index contributed by atoms with van der Waals surface area (Å²) in [4.78, 5) is 21.2. The Morgan fingerprint density at radius 3 is 3.00 bits per heavy atom. The minimum atomic E-state index is -0.766. The van der Waals surface area contributed by atoms with E-state index in [1.165, 1.54) is 0 Å². The van der Waals surface area contributed by atoms with Gasteiger partial charge in [-0.1, -0.05) is 0 Å². The van der Waals surface area contributed by atoms with E-state index in [0.717, 1.165) is 13.0 Å². The summed E-state index contributed by atoms with van der Waals surface area (Å²) in [5.74, 6) is -0.655. The molecule has 15 heavy (non-hydrogen) atoms. The molecule has 2 unspecified atom stereocenters. The summed E-state index contributed by atoms with van der Waals surface area (Å²) in [6.45, 7) is 2.69. The number of amides is 1. The van der Waals surface area contributed by atoms with Gasteiger partial charge in [0.2, 0.25) is 5.91 Å². The van der Waals surface area contributed by atoms with Crippen LogP contribution in [0.3, 0.4) is 0 Å². The highest BCUT2D eigenvalue weighted by Crippen LogP contribution is 2.06. The first-order valence-electron chi connectivity index (χ1n) is 5.32. The zero-order valence-corrected chi connectivity index (χ0v) is 8.95. The predicted molar refractivity (Wildman–Crippen MR) is 55.5 cm³/mol. The Labute approximate surface area is 89.2 Å². The number of carboxylic acids is 1. The van der Waals surface area contributed by atoms with E-state index < -0.39 is 5.97 Å². The average Bonchev–Trinajstić information content (AvgIpc) is 2.58. The van der Waals surface area contributed by atoms with Crippen molar-refractivity contribution in [2.45, 2.75) is 44.7 Å². The normalized spacial score (nSPS) is 22.5. The molecule has 3 N–H and O–H groups in total. The van der Waals surface area contributed by atoms with Gasteiger partial charge >= 0.3 is 5.97 Å². The van der Waals surface area contributed by atoms with Crippen molar-refractivity contribution in [3.05, 3.63) is 0 Å². The number of carbonyl (C=O) groups excluding carboxylic acids is 1. The highest BCUT2D eigenvalue weighted by atomic mass is 16.4. The number of carbonyl (C=O) groups is 2. The second-order valence-corrected chi connectivity index (χ2v) is 4.04. The van der Waals surface area contributed by atoms with E-state index in [1.807, 2.05) is 6.92 Å². The van der Waals surface area contributed by atoms with Gasteiger partial charge in [0.05, 0.1) is 0 Å². The van der Waals surface area contributed by atoms with Gasteiger partial charge in [-0.15, -0.1) is 0 Å². The third kappa shape index (κ3) is 4.78. The van der Waals surface area contributed by atoms with Gasteiger partial charge in [0.1, 0.15) is 0 Å². The Kier molecular flexibility index (Phi) is 4.55. The SMILES string of the molecule is CC(CCC(=O)O)NCC1CCC(=O)N1. The number of hydrogen-bond donors (Lipinski definition) is 3. The summed E-state index contributed by atoms with van der Waals surface area (Å²) in [6, 6.07) is 0.392. The summed E-state index contributed by atoms with van der Waals surface area (Å²) in [6.07, 6.45) is 2.29. The van der Waals surface area contributed by atoms with Crippen LogP contribution in [0.15, 0.2) is 0 Å². The zero-order chi connectivity index (χ0) is 11.3. The number of nitrogens with one attached hydrogen (secondary N) is 2. The van der Waals surface area contributed by atoms with Crippen molar-refractivity contribution < 1.29 is 14.7 Å². The van der Waals surface area contributed by atoms with Crippen LogP contribution < -0.4 is 10.6 Å². The van der Waals surface area contributed by atoms with E-state index >= 15 is 0 Å². The first-order chi connectivity index (χ1) is 7.08. The van der Waals surface area contributed by atoms with E-state index in [1.54, 1.807) is 0 Å². The summed E-state index contributed by atoms with van der Waals surface area (Å²) in [5, 5.41) is 14.6. The molecule has 1 heterocycles. The fourth-order valence-electron chi connectivity index (χ4n) is 1.62. The summed E-state index contributed by atoms with van der Waals surface area (Å²) >= 11 is 0. The van der Waals surface area contributed by atoms with Gasteiger partial charge in [-0.3, -0.25) is 9.59 Å². The lowest BCUT2D eigenvalue weighted by molar-refractivity contribution is -0.137. The molecule has 0 aromatic rings. The lowest BCUT2D eigenvalue weighted by atomic mass is 10.1. The molecule has 1 aliphatic heterocycles. The summed E-state index contributed by atoms with van der Waals surface area (Å²) in [5.41, 5.74) is 0. The van der Waals surface area contributed by atoms with Crippen molar-refractivity contribution in [3.8, 4) is 0 Å². The molecule has 0 aromatic carbocycles. The standard InChI is InChI=1S/C10H18N2O3/c1-7(2-5-10(14)15)11-6-8-3-4-9(13)12-8/h7-8,11H,2-6H2,1H3,(H,12,13)(H,14,15). The molecule has 5 heteroatoms. The van der Waals surface area contributed by atoms with Crippen molar-refractivity contribution in [2.75, 3.05) is 6.54 Å². The Hall–Kier alpha value is -1.10. The molecular formula is C10H18N2O3. The van der Waals surface area contributed by atoms with Crippen LogP contribution in [0.4, 0.5) is 0 Å². The van der Waals surface area contributed by atoms with Gasteiger partial charge in [0.25, 0.3) is 0 Å². The molecule has 0 radical (unpaired) electrons. The van der Waals surface area contributed by atoms with Crippen LogP contribution >= 0.6 is 0 Å². The Morgan fingerprint density at radius 2 is 2.47 bits per heavy atom. The van der Waals surface area contributed by atoms with E-state index in [2.05, 4.69) is 10.6 Å². The smallest absolute Gasteiger partial charge is 0.303 e. The highest BCUT2D eigenvalue weighted by Gasteiger charge is 2.20. The molecule has 86 valence electrons. The molecule has 0 aromatic heterocycles. The molecule has 1 amide bonds. The van der Waals surface area contributed by atoms with Gasteiger partial charge in [-0.05, 0) is 19.8 Å². The molecular weight excluding hydrogens is 196 g/mol. The molecule has 5 nitrogen and oxygen atoms in total. The van der Waals surface area contributed by atoms with Gasteiger partial charge in [-0.25, -0.2) is 0 Å². The molecule has 0 bridgehead atoms. The van der Waals surface area contributed by atoms with Crippen LogP contribution in [0.1, 0.15) is 32.6 Å². The number of rotatable bonds is 6. The van der Waals surface area contributed by atoms with Crippen molar-refractivity contribution in [2.24, 2.45) is 0 Å². The van der Waals surface area contributed by atoms with Crippen LogP contribution in [0.5, 0.6) is 0 Å². The summed E-state index contributed by atoms with van der Waals surface area (Å²) in [7, 11) is 0. The molecule has 0 spiro atoms. The maximum absolute atomic E-state index is 10.9. The first kappa shape index (κ1) is 12.0. The Morgan fingerprint density at radius 1 is 1.73 bits per heavy atom. The van der Waals surface area contributed by atoms with Crippen LogP contribution in [0.25, 0.3) is 0 Å². The van der Waals surface area contributed by atoms with Gasteiger partial charge in [0.15, 0.2) is 0 Å². The second kappa shape index (κ2) is 5.70. The van der Waals surface area contributed by atoms with Crippen molar-refractivity contribution in [3.63, 3.8) is 0 Å².